The molecule has 1 aromatic carbocycles. The fourth-order valence-corrected chi connectivity index (χ4v) is 2.65. The molecule has 6 nitrogen and oxygen atoms in total. The molecular formula is C12H19N3O3S. The van der Waals surface area contributed by atoms with E-state index >= 15 is 0 Å². The number of nitrogens with one attached hydrogen (secondary N) is 1. The summed E-state index contributed by atoms with van der Waals surface area (Å²) in [6.45, 7) is 1.51. The van der Waals surface area contributed by atoms with Crippen LogP contribution in [0.15, 0.2) is 23.1 Å². The Hall–Kier alpha value is -1.31. The number of benzene rings is 1. The molecule has 1 saturated heterocycles. The number of hydrogen-bond acceptors (Lipinski definition) is 5. The molecule has 5 N–H and O–H groups in total. The number of nitrogen functional groups attached to an aromatic ring is 1. The molecule has 1 aromatic rings. The maximum absolute atomic E-state index is 11.3. The lowest BCUT2D eigenvalue weighted by molar-refractivity contribution is 0.107. The van der Waals surface area contributed by atoms with Crippen molar-refractivity contribution in [3.63, 3.8) is 0 Å². The maximum atomic E-state index is 11.3. The quantitative estimate of drug-likeness (QED) is 0.697. The van der Waals surface area contributed by atoms with Crippen molar-refractivity contribution in [1.82, 2.24) is 0 Å². The van der Waals surface area contributed by atoms with E-state index in [1.807, 2.05) is 0 Å². The van der Waals surface area contributed by atoms with Crippen molar-refractivity contribution in [1.29, 1.82) is 0 Å². The van der Waals surface area contributed by atoms with E-state index in [1.165, 1.54) is 18.2 Å². The van der Waals surface area contributed by atoms with E-state index in [4.69, 9.17) is 15.6 Å². The second-order valence-electron chi connectivity index (χ2n) is 4.64. The van der Waals surface area contributed by atoms with Gasteiger partial charge in [0.2, 0.25) is 10.0 Å². The van der Waals surface area contributed by atoms with Gasteiger partial charge >= 0.3 is 0 Å². The summed E-state index contributed by atoms with van der Waals surface area (Å²) in [5.41, 5.74) is 6.88. The van der Waals surface area contributed by atoms with E-state index in [0.717, 1.165) is 25.9 Å². The fourth-order valence-electron chi connectivity index (χ4n) is 2.11. The first kappa shape index (κ1) is 14.1. The predicted molar refractivity (Wildman–Crippen MR) is 74.3 cm³/mol. The van der Waals surface area contributed by atoms with Crippen LogP contribution < -0.4 is 16.2 Å². The highest BCUT2D eigenvalue weighted by Crippen LogP contribution is 2.23. The van der Waals surface area contributed by atoms with Crippen molar-refractivity contribution in [2.75, 3.05) is 24.2 Å². The van der Waals surface area contributed by atoms with Crippen molar-refractivity contribution in [3.05, 3.63) is 18.2 Å². The third-order valence-electron chi connectivity index (χ3n) is 3.16. The van der Waals surface area contributed by atoms with Gasteiger partial charge in [0.1, 0.15) is 0 Å². The molecule has 106 valence electrons. The Morgan fingerprint density at radius 3 is 2.84 bits per heavy atom. The first-order valence-corrected chi connectivity index (χ1v) is 7.79. The molecule has 0 amide bonds. The van der Waals surface area contributed by atoms with Crippen LogP contribution in [0.3, 0.4) is 0 Å². The zero-order chi connectivity index (χ0) is 13.9. The summed E-state index contributed by atoms with van der Waals surface area (Å²) in [6, 6.07) is 4.39. The molecular weight excluding hydrogens is 266 g/mol. The molecule has 1 atom stereocenters. The van der Waals surface area contributed by atoms with Crippen LogP contribution in [0.4, 0.5) is 11.4 Å². The van der Waals surface area contributed by atoms with Gasteiger partial charge in [-0.1, -0.05) is 0 Å². The van der Waals surface area contributed by atoms with Gasteiger partial charge in [-0.05, 0) is 37.5 Å². The second-order valence-corrected chi connectivity index (χ2v) is 6.21. The Morgan fingerprint density at radius 2 is 2.21 bits per heavy atom. The summed E-state index contributed by atoms with van der Waals surface area (Å²) in [6.07, 6.45) is 3.34. The minimum absolute atomic E-state index is 0.0568. The van der Waals surface area contributed by atoms with Gasteiger partial charge in [0.25, 0.3) is 0 Å². The summed E-state index contributed by atoms with van der Waals surface area (Å²) in [4.78, 5) is 0.0568. The number of primary sulfonamides is 1. The molecule has 2 rings (SSSR count). The first-order valence-electron chi connectivity index (χ1n) is 6.24. The van der Waals surface area contributed by atoms with E-state index in [1.54, 1.807) is 0 Å². The second kappa shape index (κ2) is 5.77. The van der Waals surface area contributed by atoms with Gasteiger partial charge in [0.05, 0.1) is 22.4 Å². The minimum atomic E-state index is -3.70. The molecule has 0 radical (unpaired) electrons. The van der Waals surface area contributed by atoms with Crippen molar-refractivity contribution in [2.45, 2.75) is 30.3 Å². The summed E-state index contributed by atoms with van der Waals surface area (Å²) in [7, 11) is -3.70. The summed E-state index contributed by atoms with van der Waals surface area (Å²) in [5.74, 6) is 0. The van der Waals surface area contributed by atoms with Crippen LogP contribution in [0, 0.1) is 0 Å². The normalized spacial score (nSPS) is 19.5. The topological polar surface area (TPSA) is 107 Å². The number of sulfonamides is 1. The average Bonchev–Trinajstić information content (AvgIpc) is 2.83. The lowest BCUT2D eigenvalue weighted by Crippen LogP contribution is -2.15. The number of hydrogen-bond donors (Lipinski definition) is 3. The lowest BCUT2D eigenvalue weighted by atomic mass is 10.2. The zero-order valence-electron chi connectivity index (χ0n) is 10.6. The monoisotopic (exact) mass is 285 g/mol. The number of rotatable bonds is 5. The van der Waals surface area contributed by atoms with E-state index in [0.29, 0.717) is 17.9 Å². The summed E-state index contributed by atoms with van der Waals surface area (Å²) >= 11 is 0. The van der Waals surface area contributed by atoms with Gasteiger partial charge < -0.3 is 15.8 Å². The lowest BCUT2D eigenvalue weighted by Gasteiger charge is -2.13. The van der Waals surface area contributed by atoms with Gasteiger partial charge in [-0.2, -0.15) is 0 Å². The minimum Gasteiger partial charge on any atom is -0.397 e. The summed E-state index contributed by atoms with van der Waals surface area (Å²) < 4.78 is 28.0. The highest BCUT2D eigenvalue weighted by Gasteiger charge is 2.15. The average molecular weight is 285 g/mol. The van der Waals surface area contributed by atoms with Gasteiger partial charge in [-0.15, -0.1) is 0 Å². The number of ether oxygens (including phenoxy) is 1. The van der Waals surface area contributed by atoms with Crippen LogP contribution in [-0.4, -0.2) is 27.7 Å². The van der Waals surface area contributed by atoms with Crippen LogP contribution in [0.1, 0.15) is 19.3 Å². The Balaban J connectivity index is 1.98. The number of anilines is 2. The van der Waals surface area contributed by atoms with Crippen molar-refractivity contribution in [2.24, 2.45) is 5.14 Å². The van der Waals surface area contributed by atoms with Crippen LogP contribution in [-0.2, 0) is 14.8 Å². The third kappa shape index (κ3) is 3.82. The van der Waals surface area contributed by atoms with Crippen molar-refractivity contribution >= 4 is 21.4 Å². The largest absolute Gasteiger partial charge is 0.397 e. The van der Waals surface area contributed by atoms with Crippen LogP contribution >= 0.6 is 0 Å². The van der Waals surface area contributed by atoms with Gasteiger partial charge in [-0.3, -0.25) is 0 Å². The Labute approximate surface area is 113 Å². The molecule has 0 aliphatic carbocycles. The maximum Gasteiger partial charge on any atom is 0.238 e. The fraction of sp³-hybridized carbons (Fsp3) is 0.500. The SMILES string of the molecule is Nc1ccc(S(N)(=O)=O)cc1NCCC1CCCO1. The van der Waals surface area contributed by atoms with E-state index < -0.39 is 10.0 Å². The Kier molecular flexibility index (Phi) is 4.28. The van der Waals surface area contributed by atoms with Gasteiger partial charge in [0.15, 0.2) is 0 Å². The van der Waals surface area contributed by atoms with E-state index in [-0.39, 0.29) is 11.0 Å². The Bertz CT molecular complexity index is 539. The van der Waals surface area contributed by atoms with Crippen LogP contribution in [0.25, 0.3) is 0 Å². The van der Waals surface area contributed by atoms with Crippen LogP contribution in [0.5, 0.6) is 0 Å². The molecule has 1 aliphatic heterocycles. The molecule has 7 heteroatoms. The molecule has 1 unspecified atom stereocenters. The first-order chi connectivity index (χ1) is 8.97. The van der Waals surface area contributed by atoms with Crippen molar-refractivity contribution in [3.8, 4) is 0 Å². The molecule has 0 saturated carbocycles. The van der Waals surface area contributed by atoms with Crippen molar-refractivity contribution < 1.29 is 13.2 Å². The van der Waals surface area contributed by atoms with E-state index in [2.05, 4.69) is 5.32 Å². The van der Waals surface area contributed by atoms with Gasteiger partial charge in [0, 0.05) is 13.2 Å². The highest BCUT2D eigenvalue weighted by molar-refractivity contribution is 7.89. The standard InChI is InChI=1S/C12H19N3O3S/c13-11-4-3-10(19(14,16)17)8-12(11)15-6-5-9-2-1-7-18-9/h3-4,8-9,15H,1-2,5-7,13H2,(H2,14,16,17). The number of nitrogens with two attached hydrogens (primary N) is 2. The molecule has 0 aromatic heterocycles. The molecule has 1 heterocycles. The summed E-state index contributed by atoms with van der Waals surface area (Å²) in [5, 5.41) is 8.21. The van der Waals surface area contributed by atoms with Gasteiger partial charge in [-0.25, -0.2) is 13.6 Å². The molecule has 0 bridgehead atoms. The molecule has 1 fully saturated rings. The van der Waals surface area contributed by atoms with Crippen LogP contribution in [0.2, 0.25) is 0 Å². The molecule has 19 heavy (non-hydrogen) atoms. The molecule has 0 spiro atoms. The predicted octanol–water partition coefficient (Wildman–Crippen LogP) is 0.897. The zero-order valence-corrected chi connectivity index (χ0v) is 11.4. The smallest absolute Gasteiger partial charge is 0.238 e. The highest BCUT2D eigenvalue weighted by atomic mass is 32.2. The van der Waals surface area contributed by atoms with E-state index in [9.17, 15) is 8.42 Å². The Morgan fingerprint density at radius 1 is 1.42 bits per heavy atom. The third-order valence-corrected chi connectivity index (χ3v) is 4.07. The molecule has 1 aliphatic rings.